The van der Waals surface area contributed by atoms with E-state index in [0.717, 1.165) is 5.75 Å². The van der Waals surface area contributed by atoms with Crippen molar-refractivity contribution in [3.8, 4) is 17.2 Å². The van der Waals surface area contributed by atoms with Gasteiger partial charge in [-0.1, -0.05) is 18.2 Å². The van der Waals surface area contributed by atoms with Crippen LogP contribution in [0.4, 0.5) is 0 Å². The zero-order valence-corrected chi connectivity index (χ0v) is 12.1. The van der Waals surface area contributed by atoms with Crippen molar-refractivity contribution >= 4 is 5.91 Å². The first-order valence-corrected chi connectivity index (χ1v) is 7.18. The number of benzene rings is 2. The van der Waals surface area contributed by atoms with Crippen molar-refractivity contribution in [1.29, 1.82) is 0 Å². The van der Waals surface area contributed by atoms with Crippen molar-refractivity contribution in [2.24, 2.45) is 0 Å². The molecule has 0 saturated heterocycles. The van der Waals surface area contributed by atoms with Crippen molar-refractivity contribution in [1.82, 2.24) is 5.32 Å². The maximum Gasteiger partial charge on any atom is 0.251 e. The molecule has 2 aromatic carbocycles. The molecule has 0 atom stereocenters. The second kappa shape index (κ2) is 6.85. The Morgan fingerprint density at radius 3 is 2.64 bits per heavy atom. The van der Waals surface area contributed by atoms with Gasteiger partial charge in [0.15, 0.2) is 11.5 Å². The van der Waals surface area contributed by atoms with Gasteiger partial charge >= 0.3 is 0 Å². The highest BCUT2D eigenvalue weighted by Gasteiger charge is 2.14. The van der Waals surface area contributed by atoms with E-state index in [1.807, 2.05) is 30.3 Å². The van der Waals surface area contributed by atoms with Gasteiger partial charge in [-0.2, -0.15) is 0 Å². The van der Waals surface area contributed by atoms with Gasteiger partial charge < -0.3 is 19.5 Å². The Morgan fingerprint density at radius 2 is 1.82 bits per heavy atom. The first-order valence-electron chi connectivity index (χ1n) is 7.18. The fraction of sp³-hybridized carbons (Fsp3) is 0.235. The second-order valence-corrected chi connectivity index (χ2v) is 4.78. The second-order valence-electron chi connectivity index (χ2n) is 4.78. The minimum atomic E-state index is -0.159. The summed E-state index contributed by atoms with van der Waals surface area (Å²) >= 11 is 0. The van der Waals surface area contributed by atoms with Crippen LogP contribution in [0.3, 0.4) is 0 Å². The van der Waals surface area contributed by atoms with Gasteiger partial charge in [0.2, 0.25) is 0 Å². The van der Waals surface area contributed by atoms with Crippen LogP contribution >= 0.6 is 0 Å². The van der Waals surface area contributed by atoms with Crippen LogP contribution in [0, 0.1) is 0 Å². The van der Waals surface area contributed by atoms with E-state index in [9.17, 15) is 4.79 Å². The molecule has 0 aromatic heterocycles. The van der Waals surface area contributed by atoms with Gasteiger partial charge in [-0.15, -0.1) is 0 Å². The first-order chi connectivity index (χ1) is 10.8. The average molecular weight is 299 g/mol. The minimum absolute atomic E-state index is 0.159. The normalized spacial score (nSPS) is 12.5. The van der Waals surface area contributed by atoms with Crippen molar-refractivity contribution in [2.75, 3.05) is 26.4 Å². The zero-order chi connectivity index (χ0) is 15.2. The lowest BCUT2D eigenvalue weighted by Gasteiger charge is -2.18. The molecule has 5 heteroatoms. The van der Waals surface area contributed by atoms with E-state index in [4.69, 9.17) is 14.2 Å². The summed E-state index contributed by atoms with van der Waals surface area (Å²) in [5.41, 5.74) is 0.545. The molecular weight excluding hydrogens is 282 g/mol. The van der Waals surface area contributed by atoms with Crippen molar-refractivity contribution in [3.63, 3.8) is 0 Å². The molecule has 0 bridgehead atoms. The number of hydrogen-bond donors (Lipinski definition) is 1. The summed E-state index contributed by atoms with van der Waals surface area (Å²) in [7, 11) is 0. The molecule has 0 saturated carbocycles. The highest BCUT2D eigenvalue weighted by atomic mass is 16.6. The molecule has 3 rings (SSSR count). The first kappa shape index (κ1) is 14.3. The fourth-order valence-electron chi connectivity index (χ4n) is 2.14. The number of nitrogens with one attached hydrogen (secondary N) is 1. The topological polar surface area (TPSA) is 56.8 Å². The third-order valence-corrected chi connectivity index (χ3v) is 3.20. The van der Waals surface area contributed by atoms with Crippen LogP contribution in [0.2, 0.25) is 0 Å². The van der Waals surface area contributed by atoms with E-state index >= 15 is 0 Å². The molecule has 0 spiro atoms. The largest absolute Gasteiger partial charge is 0.492 e. The molecule has 0 aliphatic carbocycles. The Balaban J connectivity index is 1.49. The van der Waals surface area contributed by atoms with Crippen LogP contribution in [0.25, 0.3) is 0 Å². The lowest BCUT2D eigenvalue weighted by Crippen LogP contribution is -2.28. The molecule has 5 nitrogen and oxygen atoms in total. The van der Waals surface area contributed by atoms with Gasteiger partial charge in [0, 0.05) is 5.56 Å². The van der Waals surface area contributed by atoms with Gasteiger partial charge in [0.25, 0.3) is 5.91 Å². The summed E-state index contributed by atoms with van der Waals surface area (Å²) in [6, 6.07) is 14.7. The third kappa shape index (κ3) is 3.49. The molecule has 114 valence electrons. The van der Waals surface area contributed by atoms with E-state index in [2.05, 4.69) is 5.32 Å². The Bertz CT molecular complexity index is 642. The molecule has 1 N–H and O–H groups in total. The monoisotopic (exact) mass is 299 g/mol. The van der Waals surface area contributed by atoms with Crippen molar-refractivity contribution in [2.45, 2.75) is 0 Å². The van der Waals surface area contributed by atoms with E-state index < -0.39 is 0 Å². The Morgan fingerprint density at radius 1 is 1.05 bits per heavy atom. The predicted octanol–water partition coefficient (Wildman–Crippen LogP) is 2.27. The summed E-state index contributed by atoms with van der Waals surface area (Å²) in [6.07, 6.45) is 0. The number of carbonyl (C=O) groups excluding carboxylic acids is 1. The van der Waals surface area contributed by atoms with Crippen molar-refractivity contribution in [3.05, 3.63) is 54.1 Å². The van der Waals surface area contributed by atoms with Gasteiger partial charge in [0.1, 0.15) is 25.6 Å². The van der Waals surface area contributed by atoms with Gasteiger partial charge in [-0.25, -0.2) is 0 Å². The van der Waals surface area contributed by atoms with Crippen LogP contribution < -0.4 is 19.5 Å². The molecule has 0 fully saturated rings. The van der Waals surface area contributed by atoms with Crippen LogP contribution in [-0.4, -0.2) is 32.3 Å². The SMILES string of the molecule is O=C(NCCOc1ccccc1)c1ccc2c(c1)OCCO2. The zero-order valence-electron chi connectivity index (χ0n) is 12.1. The lowest BCUT2D eigenvalue weighted by atomic mass is 10.2. The molecule has 0 radical (unpaired) electrons. The number of ether oxygens (including phenoxy) is 3. The number of rotatable bonds is 5. The number of fused-ring (bicyclic) bond motifs is 1. The number of carbonyl (C=O) groups is 1. The molecule has 1 heterocycles. The highest BCUT2D eigenvalue weighted by Crippen LogP contribution is 2.30. The molecule has 1 aliphatic heterocycles. The molecule has 2 aromatic rings. The summed E-state index contributed by atoms with van der Waals surface area (Å²) in [4.78, 5) is 12.1. The summed E-state index contributed by atoms with van der Waals surface area (Å²) in [5.74, 6) is 1.92. The Kier molecular flexibility index (Phi) is 4.44. The van der Waals surface area contributed by atoms with Gasteiger partial charge in [-0.3, -0.25) is 4.79 Å². The van der Waals surface area contributed by atoms with Crippen LogP contribution in [0.1, 0.15) is 10.4 Å². The Hall–Kier alpha value is -2.69. The summed E-state index contributed by atoms with van der Waals surface area (Å²) in [5, 5.41) is 2.82. The fourth-order valence-corrected chi connectivity index (χ4v) is 2.14. The standard InChI is InChI=1S/C17H17NO4/c19-17(18-8-9-20-14-4-2-1-3-5-14)13-6-7-15-16(12-13)22-11-10-21-15/h1-7,12H,8-11H2,(H,18,19). The lowest BCUT2D eigenvalue weighted by molar-refractivity contribution is 0.0945. The molecule has 22 heavy (non-hydrogen) atoms. The molecule has 1 aliphatic rings. The predicted molar refractivity (Wildman–Crippen MR) is 81.7 cm³/mol. The van der Waals surface area contributed by atoms with Crippen LogP contribution in [-0.2, 0) is 0 Å². The van der Waals surface area contributed by atoms with E-state index in [-0.39, 0.29) is 5.91 Å². The van der Waals surface area contributed by atoms with E-state index in [0.29, 0.717) is 43.4 Å². The number of amides is 1. The molecule has 1 amide bonds. The Labute approximate surface area is 128 Å². The van der Waals surface area contributed by atoms with Crippen LogP contribution in [0.15, 0.2) is 48.5 Å². The average Bonchev–Trinajstić information content (AvgIpc) is 2.59. The van der Waals surface area contributed by atoms with Crippen LogP contribution in [0.5, 0.6) is 17.2 Å². The quantitative estimate of drug-likeness (QED) is 0.861. The van der Waals surface area contributed by atoms with Crippen molar-refractivity contribution < 1.29 is 19.0 Å². The van der Waals surface area contributed by atoms with E-state index in [1.165, 1.54) is 0 Å². The van der Waals surface area contributed by atoms with E-state index in [1.54, 1.807) is 18.2 Å². The number of para-hydroxylation sites is 1. The summed E-state index contributed by atoms with van der Waals surface area (Å²) < 4.78 is 16.4. The smallest absolute Gasteiger partial charge is 0.251 e. The summed E-state index contributed by atoms with van der Waals surface area (Å²) in [6.45, 7) is 1.89. The molecule has 0 unspecified atom stereocenters. The minimum Gasteiger partial charge on any atom is -0.492 e. The van der Waals surface area contributed by atoms with Gasteiger partial charge in [-0.05, 0) is 30.3 Å². The highest BCUT2D eigenvalue weighted by molar-refractivity contribution is 5.94. The number of hydrogen-bond acceptors (Lipinski definition) is 4. The maximum atomic E-state index is 12.1. The third-order valence-electron chi connectivity index (χ3n) is 3.20. The maximum absolute atomic E-state index is 12.1. The van der Waals surface area contributed by atoms with Gasteiger partial charge in [0.05, 0.1) is 6.54 Å². The molecular formula is C17H17NO4.